The molecule has 2 amide bonds. The fraction of sp³-hybridized carbons (Fsp3) is 0.286. The van der Waals surface area contributed by atoms with E-state index in [1.54, 1.807) is 0 Å². The summed E-state index contributed by atoms with van der Waals surface area (Å²) in [6.07, 6.45) is -4.05. The first kappa shape index (κ1) is 26.1. The van der Waals surface area contributed by atoms with Crippen molar-refractivity contribution in [3.63, 3.8) is 0 Å². The molecule has 3 rings (SSSR count). The van der Waals surface area contributed by atoms with E-state index in [0.717, 1.165) is 18.3 Å². The Morgan fingerprint density at radius 2 is 1.83 bits per heavy atom. The molecule has 0 aliphatic carbocycles. The second-order valence-corrected chi connectivity index (χ2v) is 7.39. The average molecular weight is 507 g/mol. The number of carbonyl (C=O) groups excluding carboxylic acids is 2. The number of halogens is 3. The number of benzene rings is 1. The Hall–Kier alpha value is -4.56. The Kier molecular flexibility index (Phi) is 7.81. The molecular formula is C21H20F3N7O5. The molecule has 2 aromatic heterocycles. The Morgan fingerprint density at radius 1 is 1.14 bits per heavy atom. The van der Waals surface area contributed by atoms with Gasteiger partial charge in [0.1, 0.15) is 0 Å². The van der Waals surface area contributed by atoms with Crippen molar-refractivity contribution in [3.05, 3.63) is 52.1 Å². The van der Waals surface area contributed by atoms with Crippen LogP contribution in [0.1, 0.15) is 28.9 Å². The largest absolute Gasteiger partial charge is 0.481 e. The van der Waals surface area contributed by atoms with Crippen LogP contribution in [0.15, 0.2) is 35.3 Å². The number of alkyl halides is 3. The molecule has 3 aromatic rings. The number of carbonyl (C=O) groups is 3. The van der Waals surface area contributed by atoms with Crippen LogP contribution in [0.25, 0.3) is 11.2 Å². The summed E-state index contributed by atoms with van der Waals surface area (Å²) in [6.45, 7) is -0.578. The molecule has 0 saturated carbocycles. The molecule has 36 heavy (non-hydrogen) atoms. The van der Waals surface area contributed by atoms with Gasteiger partial charge in [-0.25, -0.2) is 9.97 Å². The summed E-state index contributed by atoms with van der Waals surface area (Å²) >= 11 is 0. The van der Waals surface area contributed by atoms with Crippen LogP contribution in [0, 0.1) is 0 Å². The third-order valence-electron chi connectivity index (χ3n) is 4.81. The number of aliphatic carboxylic acids is 1. The van der Waals surface area contributed by atoms with Gasteiger partial charge in [-0.15, -0.1) is 0 Å². The normalized spacial score (nSPS) is 11.2. The van der Waals surface area contributed by atoms with Gasteiger partial charge in [0.05, 0.1) is 18.4 Å². The van der Waals surface area contributed by atoms with Crippen molar-refractivity contribution in [2.45, 2.75) is 25.6 Å². The van der Waals surface area contributed by atoms with E-state index < -0.39 is 36.1 Å². The fourth-order valence-corrected chi connectivity index (χ4v) is 3.08. The Labute approximate surface area is 200 Å². The van der Waals surface area contributed by atoms with E-state index >= 15 is 0 Å². The number of carboxylic acids is 1. The minimum Gasteiger partial charge on any atom is -0.481 e. The number of amides is 2. The summed E-state index contributed by atoms with van der Waals surface area (Å²) in [5, 5.41) is 13.7. The van der Waals surface area contributed by atoms with Gasteiger partial charge in [-0.2, -0.15) is 18.2 Å². The average Bonchev–Trinajstić information content (AvgIpc) is 2.84. The zero-order valence-corrected chi connectivity index (χ0v) is 18.7. The molecule has 0 atom stereocenters. The van der Waals surface area contributed by atoms with Gasteiger partial charge in [0.25, 0.3) is 11.5 Å². The van der Waals surface area contributed by atoms with Crippen LogP contribution in [0.5, 0.6) is 0 Å². The van der Waals surface area contributed by atoms with Gasteiger partial charge in [-0.1, -0.05) is 0 Å². The predicted molar refractivity (Wildman–Crippen MR) is 120 cm³/mol. The first-order valence-electron chi connectivity index (χ1n) is 10.4. The number of nitrogens with one attached hydrogen (secondary N) is 3. The van der Waals surface area contributed by atoms with E-state index in [4.69, 9.17) is 5.11 Å². The van der Waals surface area contributed by atoms with Gasteiger partial charge >= 0.3 is 18.1 Å². The monoisotopic (exact) mass is 507 g/mol. The zero-order valence-electron chi connectivity index (χ0n) is 18.7. The van der Waals surface area contributed by atoms with Crippen molar-refractivity contribution in [2.75, 3.05) is 23.8 Å². The zero-order chi connectivity index (χ0) is 26.5. The van der Waals surface area contributed by atoms with Gasteiger partial charge in [-0.05, 0) is 30.7 Å². The summed E-state index contributed by atoms with van der Waals surface area (Å²) in [5.74, 6) is -3.64. The molecule has 190 valence electrons. The van der Waals surface area contributed by atoms with Crippen LogP contribution in [0.4, 0.5) is 24.8 Å². The summed E-state index contributed by atoms with van der Waals surface area (Å²) in [7, 11) is 1.51. The van der Waals surface area contributed by atoms with Crippen molar-refractivity contribution >= 4 is 40.6 Å². The van der Waals surface area contributed by atoms with E-state index in [-0.39, 0.29) is 53.4 Å². The van der Waals surface area contributed by atoms with E-state index in [0.29, 0.717) is 4.90 Å². The maximum atomic E-state index is 13.3. The van der Waals surface area contributed by atoms with Crippen molar-refractivity contribution < 1.29 is 32.7 Å². The lowest BCUT2D eigenvalue weighted by Gasteiger charge is -2.23. The highest BCUT2D eigenvalue weighted by Gasteiger charge is 2.43. The van der Waals surface area contributed by atoms with E-state index in [1.165, 1.54) is 19.2 Å². The number of H-pyrrole nitrogens is 1. The van der Waals surface area contributed by atoms with Gasteiger partial charge in [0.2, 0.25) is 5.95 Å². The Bertz CT molecular complexity index is 1340. The molecular weight excluding hydrogens is 487 g/mol. The number of aromatic nitrogens is 4. The molecule has 4 N–H and O–H groups in total. The molecule has 0 unspecified atom stereocenters. The first-order chi connectivity index (χ1) is 17.0. The van der Waals surface area contributed by atoms with Crippen LogP contribution in [0.2, 0.25) is 0 Å². The summed E-state index contributed by atoms with van der Waals surface area (Å²) in [4.78, 5) is 61.9. The number of hydrogen-bond donors (Lipinski definition) is 4. The first-order valence-corrected chi connectivity index (χ1v) is 10.4. The van der Waals surface area contributed by atoms with E-state index in [1.807, 2.05) is 0 Å². The smallest absolute Gasteiger partial charge is 0.471 e. The highest BCUT2D eigenvalue weighted by atomic mass is 19.4. The minimum atomic E-state index is -5.22. The lowest BCUT2D eigenvalue weighted by molar-refractivity contribution is -0.170. The van der Waals surface area contributed by atoms with Crippen molar-refractivity contribution in [3.8, 4) is 0 Å². The van der Waals surface area contributed by atoms with Gasteiger partial charge in [-0.3, -0.25) is 29.1 Å². The Balaban J connectivity index is 1.85. The molecule has 1 aromatic carbocycles. The molecule has 2 heterocycles. The van der Waals surface area contributed by atoms with E-state index in [9.17, 15) is 32.3 Å². The van der Waals surface area contributed by atoms with Gasteiger partial charge < -0.3 is 15.7 Å². The maximum Gasteiger partial charge on any atom is 0.471 e. The molecule has 0 aliphatic rings. The van der Waals surface area contributed by atoms with Crippen LogP contribution in [0.3, 0.4) is 0 Å². The highest BCUT2D eigenvalue weighted by molar-refractivity contribution is 5.98. The van der Waals surface area contributed by atoms with Crippen LogP contribution >= 0.6 is 0 Å². The van der Waals surface area contributed by atoms with Gasteiger partial charge in [0, 0.05) is 31.3 Å². The topological polar surface area (TPSA) is 170 Å². The van der Waals surface area contributed by atoms with Crippen molar-refractivity contribution in [1.82, 2.24) is 25.3 Å². The lowest BCUT2D eigenvalue weighted by atomic mass is 10.1. The fourth-order valence-electron chi connectivity index (χ4n) is 3.08. The number of rotatable bonds is 9. The van der Waals surface area contributed by atoms with E-state index in [2.05, 4.69) is 30.6 Å². The second-order valence-electron chi connectivity index (χ2n) is 7.39. The molecule has 0 spiro atoms. The molecule has 15 heteroatoms. The molecule has 0 bridgehead atoms. The lowest BCUT2D eigenvalue weighted by Crippen LogP contribution is -2.41. The highest BCUT2D eigenvalue weighted by Crippen LogP contribution is 2.26. The van der Waals surface area contributed by atoms with Gasteiger partial charge in [0.15, 0.2) is 11.2 Å². The quantitative estimate of drug-likeness (QED) is 0.313. The molecule has 12 nitrogen and oxygen atoms in total. The minimum absolute atomic E-state index is 0.0423. The molecule has 0 fully saturated rings. The summed E-state index contributed by atoms with van der Waals surface area (Å²) < 4.78 is 40.0. The van der Waals surface area contributed by atoms with Crippen LogP contribution in [-0.2, 0) is 16.1 Å². The number of nitrogens with zero attached hydrogens (tertiary/aromatic N) is 4. The van der Waals surface area contributed by atoms with Crippen LogP contribution in [-0.4, -0.2) is 62.6 Å². The number of hydrogen-bond acceptors (Lipinski definition) is 8. The standard InChI is InChI=1S/C21H20F3N7O5/c1-25-20-29-16-15(18(35)30-20)28-12(9-27-16)10-31(19(36)21(22,23)24)13-6-4-11(5-7-13)17(34)26-8-2-3-14(32)33/h4-7,9H,2-3,8,10H2,1H3,(H,26,34)(H,32,33)(H2,25,27,29,30,35). The maximum absolute atomic E-state index is 13.3. The van der Waals surface area contributed by atoms with Crippen LogP contribution < -0.4 is 21.1 Å². The third kappa shape index (κ3) is 6.31. The number of aromatic amines is 1. The Morgan fingerprint density at radius 3 is 2.44 bits per heavy atom. The van der Waals surface area contributed by atoms with Crippen molar-refractivity contribution in [1.29, 1.82) is 0 Å². The third-order valence-corrected chi connectivity index (χ3v) is 4.81. The van der Waals surface area contributed by atoms with Crippen molar-refractivity contribution in [2.24, 2.45) is 0 Å². The number of carboxylic acid groups (broad SMARTS) is 1. The second kappa shape index (κ2) is 10.8. The summed E-state index contributed by atoms with van der Waals surface area (Å²) in [6, 6.07) is 4.74. The number of anilines is 2. The predicted octanol–water partition coefficient (Wildman–Crippen LogP) is 1.44. The molecule has 0 radical (unpaired) electrons. The molecule has 0 aliphatic heterocycles. The number of fused-ring (bicyclic) bond motifs is 1. The summed E-state index contributed by atoms with van der Waals surface area (Å²) in [5.41, 5.74) is -1.13. The SMILES string of the molecule is CNc1nc2ncc(CN(C(=O)C(F)(F)F)c3ccc(C(=O)NCCCC(=O)O)cc3)nc2c(=O)[nH]1. The molecule has 0 saturated heterocycles.